The molecule has 0 fully saturated rings. The summed E-state index contributed by atoms with van der Waals surface area (Å²) in [4.78, 5) is 8.79. The van der Waals surface area contributed by atoms with Gasteiger partial charge in [0, 0.05) is 12.3 Å². The zero-order valence-corrected chi connectivity index (χ0v) is 14.1. The number of aliphatic imine (C=N–C) groups is 1. The molecular formula is C19H14FN5O2. The fourth-order valence-electron chi connectivity index (χ4n) is 2.94. The number of hydrogen-bond donors (Lipinski definition) is 0. The summed E-state index contributed by atoms with van der Waals surface area (Å²) in [6.45, 7) is 1.07. The molecule has 0 aliphatic carbocycles. The van der Waals surface area contributed by atoms with Crippen LogP contribution in [-0.2, 0) is 0 Å². The van der Waals surface area contributed by atoms with Gasteiger partial charge in [-0.1, -0.05) is 12.1 Å². The number of hydrogen-bond acceptors (Lipinski definition) is 5. The van der Waals surface area contributed by atoms with Crippen LogP contribution in [0.2, 0.25) is 0 Å². The normalized spacial score (nSPS) is 13.5. The van der Waals surface area contributed by atoms with E-state index < -0.39 is 0 Å². The molecule has 7 nitrogen and oxygen atoms in total. The predicted molar refractivity (Wildman–Crippen MR) is 97.0 cm³/mol. The van der Waals surface area contributed by atoms with Crippen LogP contribution in [0.4, 0.5) is 10.2 Å². The molecule has 1 aliphatic rings. The van der Waals surface area contributed by atoms with Gasteiger partial charge in [-0.15, -0.1) is 0 Å². The first-order valence-electron chi connectivity index (χ1n) is 8.39. The van der Waals surface area contributed by atoms with E-state index in [9.17, 15) is 4.39 Å². The van der Waals surface area contributed by atoms with Crippen LogP contribution in [0.15, 0.2) is 60.0 Å². The Morgan fingerprint density at radius 3 is 2.70 bits per heavy atom. The van der Waals surface area contributed by atoms with E-state index >= 15 is 0 Å². The SMILES string of the molecule is Fc1ccc(/C=N/c2cn(-c3ccc4c(c3)OCCO4)c3ncnn23)cc1. The molecule has 27 heavy (non-hydrogen) atoms. The highest BCUT2D eigenvalue weighted by molar-refractivity contribution is 5.81. The third kappa shape index (κ3) is 2.80. The molecule has 0 bridgehead atoms. The Bertz CT molecular complexity index is 1150. The third-order valence-electron chi connectivity index (χ3n) is 4.23. The second-order valence-corrected chi connectivity index (χ2v) is 5.97. The van der Waals surface area contributed by atoms with Crippen molar-refractivity contribution in [2.45, 2.75) is 0 Å². The Balaban J connectivity index is 1.55. The molecule has 0 unspecified atom stereocenters. The molecule has 134 valence electrons. The molecule has 4 aromatic rings. The number of nitrogens with zero attached hydrogens (tertiary/aromatic N) is 5. The maximum Gasteiger partial charge on any atom is 0.239 e. The van der Waals surface area contributed by atoms with Gasteiger partial charge in [0.2, 0.25) is 5.78 Å². The summed E-state index contributed by atoms with van der Waals surface area (Å²) in [5.74, 6) is 2.36. The summed E-state index contributed by atoms with van der Waals surface area (Å²) in [7, 11) is 0. The molecule has 0 radical (unpaired) electrons. The van der Waals surface area contributed by atoms with Crippen LogP contribution in [-0.4, -0.2) is 38.6 Å². The lowest BCUT2D eigenvalue weighted by molar-refractivity contribution is 0.171. The van der Waals surface area contributed by atoms with E-state index in [0.29, 0.717) is 30.6 Å². The third-order valence-corrected chi connectivity index (χ3v) is 4.23. The highest BCUT2D eigenvalue weighted by Crippen LogP contribution is 2.33. The van der Waals surface area contributed by atoms with Gasteiger partial charge in [0.05, 0.1) is 11.9 Å². The second kappa shape index (κ2) is 6.24. The van der Waals surface area contributed by atoms with E-state index in [1.165, 1.54) is 18.5 Å². The van der Waals surface area contributed by atoms with E-state index in [1.54, 1.807) is 22.9 Å². The molecular weight excluding hydrogens is 349 g/mol. The van der Waals surface area contributed by atoms with Gasteiger partial charge in [-0.2, -0.15) is 14.6 Å². The van der Waals surface area contributed by atoms with Gasteiger partial charge in [0.25, 0.3) is 0 Å². The van der Waals surface area contributed by atoms with E-state index in [0.717, 1.165) is 17.0 Å². The Hall–Kier alpha value is -3.68. The van der Waals surface area contributed by atoms with Crippen molar-refractivity contribution in [1.29, 1.82) is 0 Å². The van der Waals surface area contributed by atoms with Crippen molar-refractivity contribution in [3.05, 3.63) is 66.4 Å². The summed E-state index contributed by atoms with van der Waals surface area (Å²) in [5.41, 5.74) is 1.65. The molecule has 0 amide bonds. The van der Waals surface area contributed by atoms with Crippen LogP contribution < -0.4 is 9.47 Å². The van der Waals surface area contributed by atoms with Gasteiger partial charge in [0.15, 0.2) is 17.3 Å². The van der Waals surface area contributed by atoms with Crippen molar-refractivity contribution in [2.24, 2.45) is 4.99 Å². The Morgan fingerprint density at radius 2 is 1.85 bits per heavy atom. The van der Waals surface area contributed by atoms with Crippen molar-refractivity contribution in [1.82, 2.24) is 19.2 Å². The fourth-order valence-corrected chi connectivity index (χ4v) is 2.94. The van der Waals surface area contributed by atoms with Crippen molar-refractivity contribution in [2.75, 3.05) is 13.2 Å². The average Bonchev–Trinajstić information content (AvgIpc) is 3.30. The fraction of sp³-hybridized carbons (Fsp3) is 0.105. The number of aromatic nitrogens is 4. The number of ether oxygens (including phenoxy) is 2. The first-order chi connectivity index (χ1) is 13.3. The van der Waals surface area contributed by atoms with Crippen LogP contribution in [0.25, 0.3) is 11.5 Å². The van der Waals surface area contributed by atoms with Gasteiger partial charge in [0.1, 0.15) is 25.4 Å². The molecule has 1 aliphatic heterocycles. The predicted octanol–water partition coefficient (Wildman–Crippen LogP) is 3.18. The Labute approximate surface area is 153 Å². The summed E-state index contributed by atoms with van der Waals surface area (Å²) in [6.07, 6.45) is 4.96. The minimum atomic E-state index is -0.282. The monoisotopic (exact) mass is 363 g/mol. The van der Waals surface area contributed by atoms with Crippen LogP contribution in [0, 0.1) is 5.82 Å². The highest BCUT2D eigenvalue weighted by Gasteiger charge is 2.16. The summed E-state index contributed by atoms with van der Waals surface area (Å²) in [6, 6.07) is 11.8. The molecule has 3 heterocycles. The smallest absolute Gasteiger partial charge is 0.239 e. The molecule has 0 saturated heterocycles. The van der Waals surface area contributed by atoms with E-state index in [-0.39, 0.29) is 5.82 Å². The number of halogens is 1. The van der Waals surface area contributed by atoms with E-state index in [4.69, 9.17) is 9.47 Å². The van der Waals surface area contributed by atoms with Crippen LogP contribution in [0.1, 0.15) is 5.56 Å². The summed E-state index contributed by atoms with van der Waals surface area (Å²) >= 11 is 0. The van der Waals surface area contributed by atoms with Gasteiger partial charge in [-0.3, -0.25) is 4.57 Å². The highest BCUT2D eigenvalue weighted by atomic mass is 19.1. The molecule has 2 aromatic heterocycles. The molecule has 0 atom stereocenters. The molecule has 8 heteroatoms. The molecule has 2 aromatic carbocycles. The maximum atomic E-state index is 13.0. The first kappa shape index (κ1) is 15.6. The zero-order chi connectivity index (χ0) is 18.2. The van der Waals surface area contributed by atoms with Gasteiger partial charge in [-0.05, 0) is 29.8 Å². The molecule has 0 N–H and O–H groups in total. The molecule has 5 rings (SSSR count). The van der Waals surface area contributed by atoms with Crippen molar-refractivity contribution >= 4 is 17.8 Å². The van der Waals surface area contributed by atoms with Gasteiger partial charge >= 0.3 is 0 Å². The first-order valence-corrected chi connectivity index (χ1v) is 8.39. The Morgan fingerprint density at radius 1 is 1.04 bits per heavy atom. The quantitative estimate of drug-likeness (QED) is 0.525. The standard InChI is InChI=1S/C19H14FN5O2/c20-14-3-1-13(2-4-14)10-21-18-11-24(19-22-12-23-25(18)19)15-5-6-16-17(9-15)27-8-7-26-16/h1-6,9-12H,7-8H2/b21-10+. The Kier molecular flexibility index (Phi) is 3.60. The minimum absolute atomic E-state index is 0.282. The minimum Gasteiger partial charge on any atom is -0.486 e. The maximum absolute atomic E-state index is 13.0. The van der Waals surface area contributed by atoms with Crippen LogP contribution in [0.3, 0.4) is 0 Å². The second-order valence-electron chi connectivity index (χ2n) is 5.97. The van der Waals surface area contributed by atoms with Crippen molar-refractivity contribution in [3.8, 4) is 17.2 Å². The lowest BCUT2D eigenvalue weighted by Crippen LogP contribution is -2.15. The molecule has 0 spiro atoms. The van der Waals surface area contributed by atoms with Crippen molar-refractivity contribution < 1.29 is 13.9 Å². The average molecular weight is 363 g/mol. The number of rotatable bonds is 3. The number of fused-ring (bicyclic) bond motifs is 2. The topological polar surface area (TPSA) is 65.9 Å². The van der Waals surface area contributed by atoms with E-state index in [2.05, 4.69) is 15.1 Å². The summed E-state index contributed by atoms with van der Waals surface area (Å²) < 4.78 is 27.8. The van der Waals surface area contributed by atoms with E-state index in [1.807, 2.05) is 29.0 Å². The largest absolute Gasteiger partial charge is 0.486 e. The number of imidazole rings is 1. The zero-order valence-electron chi connectivity index (χ0n) is 14.1. The molecule has 0 saturated carbocycles. The summed E-state index contributed by atoms with van der Waals surface area (Å²) in [5, 5.41) is 4.23. The van der Waals surface area contributed by atoms with Gasteiger partial charge in [-0.25, -0.2) is 9.38 Å². The van der Waals surface area contributed by atoms with Gasteiger partial charge < -0.3 is 9.47 Å². The van der Waals surface area contributed by atoms with Crippen LogP contribution in [0.5, 0.6) is 11.5 Å². The van der Waals surface area contributed by atoms with Crippen molar-refractivity contribution in [3.63, 3.8) is 0 Å². The lowest BCUT2D eigenvalue weighted by Gasteiger charge is -2.18. The van der Waals surface area contributed by atoms with Crippen LogP contribution >= 0.6 is 0 Å². The lowest BCUT2D eigenvalue weighted by atomic mass is 10.2. The number of benzene rings is 2.